The third-order valence-electron chi connectivity index (χ3n) is 2.04. The quantitative estimate of drug-likeness (QED) is 0.855. The highest BCUT2D eigenvalue weighted by Crippen LogP contribution is 2.15. The summed E-state index contributed by atoms with van der Waals surface area (Å²) < 4.78 is 1.72. The van der Waals surface area contributed by atoms with E-state index >= 15 is 0 Å². The number of nitrogens with zero attached hydrogens (tertiary/aromatic N) is 5. The summed E-state index contributed by atoms with van der Waals surface area (Å²) in [4.78, 5) is 4.23. The third-order valence-corrected chi connectivity index (χ3v) is 2.94. The number of aromatic nitrogens is 5. The summed E-state index contributed by atoms with van der Waals surface area (Å²) in [7, 11) is 0. The van der Waals surface area contributed by atoms with Crippen molar-refractivity contribution in [3.05, 3.63) is 16.7 Å². The fourth-order valence-electron chi connectivity index (χ4n) is 1.34. The highest BCUT2D eigenvalue weighted by Gasteiger charge is 2.10. The van der Waals surface area contributed by atoms with Gasteiger partial charge in [0.2, 0.25) is 5.13 Å². The zero-order valence-corrected chi connectivity index (χ0v) is 10.4. The molecule has 16 heavy (non-hydrogen) atoms. The summed E-state index contributed by atoms with van der Waals surface area (Å²) in [5.41, 5.74) is 0. The Morgan fingerprint density at radius 1 is 1.31 bits per heavy atom. The molecule has 2 heterocycles. The number of hydrogen-bond acceptors (Lipinski definition) is 6. The Hall–Kier alpha value is -1.34. The molecule has 0 saturated heterocycles. The summed E-state index contributed by atoms with van der Waals surface area (Å²) in [6.07, 6.45) is 0. The molecule has 2 rings (SSSR count). The highest BCUT2D eigenvalue weighted by molar-refractivity contribution is 7.13. The predicted molar refractivity (Wildman–Crippen MR) is 61.7 cm³/mol. The van der Waals surface area contributed by atoms with E-state index in [9.17, 15) is 0 Å². The van der Waals surface area contributed by atoms with Gasteiger partial charge in [0.1, 0.15) is 16.7 Å². The summed E-state index contributed by atoms with van der Waals surface area (Å²) in [5, 5.41) is 17.4. The van der Waals surface area contributed by atoms with E-state index in [1.807, 2.05) is 13.8 Å². The molecule has 0 aliphatic heterocycles. The Morgan fingerprint density at radius 3 is 2.75 bits per heavy atom. The molecule has 0 radical (unpaired) electrons. The second kappa shape index (κ2) is 4.67. The molecule has 0 amide bonds. The molecular formula is C9H14N6S. The van der Waals surface area contributed by atoms with E-state index in [4.69, 9.17) is 0 Å². The topological polar surface area (TPSA) is 68.5 Å². The Balaban J connectivity index is 2.21. The van der Waals surface area contributed by atoms with Crippen molar-refractivity contribution >= 4 is 11.3 Å². The Labute approximate surface area is 97.7 Å². The van der Waals surface area contributed by atoms with Crippen LogP contribution < -0.4 is 5.32 Å². The van der Waals surface area contributed by atoms with Crippen LogP contribution in [0.3, 0.4) is 0 Å². The first-order chi connectivity index (χ1) is 7.70. The van der Waals surface area contributed by atoms with Gasteiger partial charge in [-0.25, -0.2) is 4.98 Å². The lowest BCUT2D eigenvalue weighted by atomic mass is 10.6. The molecule has 0 aliphatic carbocycles. The molecule has 0 spiro atoms. The maximum atomic E-state index is 4.27. The molecule has 0 fully saturated rings. The van der Waals surface area contributed by atoms with Crippen molar-refractivity contribution in [2.45, 2.75) is 27.3 Å². The number of hydrogen-bond donors (Lipinski definition) is 1. The fraction of sp³-hybridized carbons (Fsp3) is 0.556. The van der Waals surface area contributed by atoms with Gasteiger partial charge in [0.15, 0.2) is 0 Å². The van der Waals surface area contributed by atoms with Crippen LogP contribution in [0.15, 0.2) is 0 Å². The van der Waals surface area contributed by atoms with Crippen LogP contribution in [0.4, 0.5) is 0 Å². The Bertz CT molecular complexity index is 474. The lowest BCUT2D eigenvalue weighted by Crippen LogP contribution is -2.11. The minimum absolute atomic E-state index is 0.751. The summed E-state index contributed by atoms with van der Waals surface area (Å²) >= 11 is 1.53. The number of rotatable bonds is 4. The Morgan fingerprint density at radius 2 is 2.12 bits per heavy atom. The van der Waals surface area contributed by atoms with Gasteiger partial charge in [-0.05, 0) is 20.4 Å². The lowest BCUT2D eigenvalue weighted by Gasteiger charge is -1.95. The molecule has 0 atom stereocenters. The minimum atomic E-state index is 0.751. The highest BCUT2D eigenvalue weighted by atomic mass is 32.1. The summed E-state index contributed by atoms with van der Waals surface area (Å²) in [5.74, 6) is 1.59. The van der Waals surface area contributed by atoms with E-state index < -0.39 is 0 Å². The van der Waals surface area contributed by atoms with Crippen molar-refractivity contribution in [1.82, 2.24) is 30.3 Å². The van der Waals surface area contributed by atoms with Crippen molar-refractivity contribution in [3.63, 3.8) is 0 Å². The normalized spacial score (nSPS) is 10.9. The summed E-state index contributed by atoms with van der Waals surface area (Å²) in [6.45, 7) is 7.51. The zero-order chi connectivity index (χ0) is 11.5. The van der Waals surface area contributed by atoms with Crippen molar-refractivity contribution in [2.24, 2.45) is 0 Å². The maximum Gasteiger partial charge on any atom is 0.234 e. The fourth-order valence-corrected chi connectivity index (χ4v) is 2.14. The van der Waals surface area contributed by atoms with Gasteiger partial charge < -0.3 is 5.32 Å². The van der Waals surface area contributed by atoms with Crippen molar-refractivity contribution in [3.8, 4) is 5.13 Å². The van der Waals surface area contributed by atoms with Crippen LogP contribution in [0.25, 0.3) is 5.13 Å². The standard InChI is InChI=1S/C9H14N6S/c1-4-10-5-8-12-13-9(16-8)15-7(3)11-6(2)14-15/h10H,4-5H2,1-3H3. The van der Waals surface area contributed by atoms with E-state index in [2.05, 4.69) is 32.5 Å². The number of nitrogens with one attached hydrogen (secondary N) is 1. The zero-order valence-electron chi connectivity index (χ0n) is 9.56. The van der Waals surface area contributed by atoms with E-state index in [1.165, 1.54) is 11.3 Å². The van der Waals surface area contributed by atoms with E-state index in [0.717, 1.165) is 34.9 Å². The molecule has 6 nitrogen and oxygen atoms in total. The smallest absolute Gasteiger partial charge is 0.234 e. The first kappa shape index (κ1) is 11.2. The minimum Gasteiger partial charge on any atom is -0.311 e. The monoisotopic (exact) mass is 238 g/mol. The maximum absolute atomic E-state index is 4.27. The number of aryl methyl sites for hydroxylation is 2. The summed E-state index contributed by atoms with van der Waals surface area (Å²) in [6, 6.07) is 0. The van der Waals surface area contributed by atoms with Crippen molar-refractivity contribution in [2.75, 3.05) is 6.54 Å². The van der Waals surface area contributed by atoms with Crippen LogP contribution in [-0.4, -0.2) is 31.5 Å². The second-order valence-corrected chi connectivity index (χ2v) is 4.42. The van der Waals surface area contributed by atoms with Gasteiger partial charge in [-0.1, -0.05) is 18.3 Å². The average Bonchev–Trinajstić information content (AvgIpc) is 2.82. The average molecular weight is 238 g/mol. The van der Waals surface area contributed by atoms with Crippen LogP contribution in [-0.2, 0) is 6.54 Å². The van der Waals surface area contributed by atoms with Crippen LogP contribution in [0.1, 0.15) is 23.6 Å². The van der Waals surface area contributed by atoms with Gasteiger partial charge in [-0.3, -0.25) is 0 Å². The molecule has 2 aromatic rings. The van der Waals surface area contributed by atoms with Gasteiger partial charge in [-0.2, -0.15) is 4.68 Å². The Kier molecular flexibility index (Phi) is 3.25. The molecule has 2 aromatic heterocycles. The van der Waals surface area contributed by atoms with E-state index in [-0.39, 0.29) is 0 Å². The van der Waals surface area contributed by atoms with Crippen molar-refractivity contribution in [1.29, 1.82) is 0 Å². The van der Waals surface area contributed by atoms with Crippen LogP contribution in [0, 0.1) is 13.8 Å². The predicted octanol–water partition coefficient (Wildman–Crippen LogP) is 0.845. The molecule has 0 aromatic carbocycles. The molecule has 0 aliphatic rings. The van der Waals surface area contributed by atoms with Gasteiger partial charge in [-0.15, -0.1) is 15.3 Å². The van der Waals surface area contributed by atoms with Gasteiger partial charge in [0.05, 0.1) is 0 Å². The van der Waals surface area contributed by atoms with Gasteiger partial charge >= 0.3 is 0 Å². The first-order valence-corrected chi connectivity index (χ1v) is 5.96. The molecule has 0 unspecified atom stereocenters. The van der Waals surface area contributed by atoms with Gasteiger partial charge in [0, 0.05) is 6.54 Å². The van der Waals surface area contributed by atoms with Crippen molar-refractivity contribution < 1.29 is 0 Å². The van der Waals surface area contributed by atoms with E-state index in [1.54, 1.807) is 4.68 Å². The van der Waals surface area contributed by atoms with Crippen LogP contribution >= 0.6 is 11.3 Å². The van der Waals surface area contributed by atoms with Crippen LogP contribution in [0.2, 0.25) is 0 Å². The SMILES string of the molecule is CCNCc1nnc(-n2nc(C)nc2C)s1. The van der Waals surface area contributed by atoms with Gasteiger partial charge in [0.25, 0.3) is 0 Å². The molecule has 7 heteroatoms. The lowest BCUT2D eigenvalue weighted by molar-refractivity contribution is 0.713. The van der Waals surface area contributed by atoms with E-state index in [0.29, 0.717) is 0 Å². The van der Waals surface area contributed by atoms with Crippen LogP contribution in [0.5, 0.6) is 0 Å². The molecule has 0 bridgehead atoms. The molecule has 86 valence electrons. The molecular weight excluding hydrogens is 224 g/mol. The molecule has 1 N–H and O–H groups in total. The third kappa shape index (κ3) is 2.25. The first-order valence-electron chi connectivity index (χ1n) is 5.14. The second-order valence-electron chi connectivity index (χ2n) is 3.38. The largest absolute Gasteiger partial charge is 0.311 e. The molecule has 0 saturated carbocycles.